The lowest BCUT2D eigenvalue weighted by molar-refractivity contribution is -0.167. The molecule has 0 saturated carbocycles. The minimum Gasteiger partial charge on any atom is -0.462 e. The number of unbranched alkanes of at least 4 members (excludes halogenated alkanes) is 30. The summed E-state index contributed by atoms with van der Waals surface area (Å²) in [5.41, 5.74) is 0. The maximum absolute atomic E-state index is 12.9. The summed E-state index contributed by atoms with van der Waals surface area (Å²) in [5, 5.41) is 0. The van der Waals surface area contributed by atoms with Crippen molar-refractivity contribution in [2.45, 2.75) is 309 Å². The van der Waals surface area contributed by atoms with Crippen molar-refractivity contribution in [1.82, 2.24) is 0 Å². The fourth-order valence-electron chi connectivity index (χ4n) is 8.80. The van der Waals surface area contributed by atoms with Crippen molar-refractivity contribution in [2.24, 2.45) is 0 Å². The Balaban J connectivity index is 4.18. The van der Waals surface area contributed by atoms with Crippen molar-refractivity contribution in [3.8, 4) is 0 Å². The van der Waals surface area contributed by atoms with Gasteiger partial charge in [0.05, 0.1) is 0 Å². The van der Waals surface area contributed by atoms with Gasteiger partial charge < -0.3 is 14.2 Å². The van der Waals surface area contributed by atoms with Crippen LogP contribution in [0.4, 0.5) is 0 Å². The molecule has 0 aromatic carbocycles. The van der Waals surface area contributed by atoms with E-state index >= 15 is 0 Å². The van der Waals surface area contributed by atoms with Crippen molar-refractivity contribution in [2.75, 3.05) is 13.2 Å². The van der Waals surface area contributed by atoms with Gasteiger partial charge in [-0.1, -0.05) is 266 Å². The molecule has 0 amide bonds. The van der Waals surface area contributed by atoms with Crippen molar-refractivity contribution in [3.05, 3.63) is 97.2 Å². The van der Waals surface area contributed by atoms with Crippen LogP contribution >= 0.6 is 0 Å². The van der Waals surface area contributed by atoms with E-state index in [1.165, 1.54) is 141 Å². The van der Waals surface area contributed by atoms with Gasteiger partial charge in [-0.3, -0.25) is 14.4 Å². The molecule has 0 N–H and O–H groups in total. The SMILES string of the molecule is CC/C=C\C/C=C\C/C=C\C/C=C\C/C=C\C/C=C\CCCCCCCCCCCCCCC(=O)OCC(COC(=O)CCCCCCC/C=C\CCC)OC(=O)CCCCCCC/C=C\CCCCCCCCC. The molecule has 0 heterocycles. The van der Waals surface area contributed by atoms with E-state index in [1.54, 1.807) is 0 Å². The van der Waals surface area contributed by atoms with Crippen LogP contribution in [0.25, 0.3) is 0 Å². The summed E-state index contributed by atoms with van der Waals surface area (Å²) in [4.78, 5) is 38.2. The van der Waals surface area contributed by atoms with Crippen LogP contribution in [-0.2, 0) is 28.6 Å². The average Bonchev–Trinajstić information content (AvgIpc) is 3.41. The highest BCUT2D eigenvalue weighted by atomic mass is 16.6. The molecule has 0 radical (unpaired) electrons. The van der Waals surface area contributed by atoms with Crippen LogP contribution in [-0.4, -0.2) is 37.2 Å². The summed E-state index contributed by atoms with van der Waals surface area (Å²) < 4.78 is 16.9. The number of rotatable bonds is 57. The molecule has 0 aromatic rings. The van der Waals surface area contributed by atoms with Gasteiger partial charge in [0.25, 0.3) is 0 Å². The number of esters is 3. The summed E-state index contributed by atoms with van der Waals surface area (Å²) in [7, 11) is 0. The predicted molar refractivity (Wildman–Crippen MR) is 325 cm³/mol. The molecule has 0 aliphatic rings. The standard InChI is InChI=1S/C69H118O6/c1-4-7-10-13-16-19-22-24-26-28-29-30-31-32-33-34-35-36-37-38-39-40-41-42-44-45-47-50-53-56-59-62-68(71)74-65-66(64-73-67(70)61-58-55-52-49-21-18-15-12-9-6-3)75-69(72)63-60-57-54-51-48-46-43-27-25-23-20-17-14-11-8-5-2/h7,10,12,15-16,19,24,26-27,29-30,32-33,35-36,43,66H,4-6,8-9,11,13-14,17-18,20-23,25,28,31,34,37-42,44-65H2,1-3H3/b10-7-,15-12-,19-16-,26-24-,30-29-,33-32-,36-35-,43-27-. The first kappa shape index (κ1) is 71.3. The van der Waals surface area contributed by atoms with Gasteiger partial charge >= 0.3 is 17.9 Å². The van der Waals surface area contributed by atoms with E-state index in [9.17, 15) is 14.4 Å². The van der Waals surface area contributed by atoms with E-state index in [4.69, 9.17) is 14.2 Å². The average molecular weight is 1040 g/mol. The van der Waals surface area contributed by atoms with Crippen molar-refractivity contribution < 1.29 is 28.6 Å². The molecule has 75 heavy (non-hydrogen) atoms. The number of carbonyl (C=O) groups excluding carboxylic acids is 3. The minimum absolute atomic E-state index is 0.0828. The molecule has 6 nitrogen and oxygen atoms in total. The second kappa shape index (κ2) is 62.9. The van der Waals surface area contributed by atoms with Gasteiger partial charge in [0.1, 0.15) is 13.2 Å². The summed E-state index contributed by atoms with van der Waals surface area (Å²) in [6, 6.07) is 0. The first-order chi connectivity index (χ1) is 37.0. The Morgan fingerprint density at radius 1 is 0.280 bits per heavy atom. The molecule has 0 aliphatic heterocycles. The first-order valence-electron chi connectivity index (χ1n) is 31.7. The molecule has 0 saturated heterocycles. The Morgan fingerprint density at radius 2 is 0.547 bits per heavy atom. The van der Waals surface area contributed by atoms with Gasteiger partial charge in [0, 0.05) is 19.3 Å². The summed E-state index contributed by atoms with van der Waals surface area (Å²) in [6.45, 7) is 6.46. The smallest absolute Gasteiger partial charge is 0.306 e. The van der Waals surface area contributed by atoms with Crippen molar-refractivity contribution in [1.29, 1.82) is 0 Å². The maximum Gasteiger partial charge on any atom is 0.306 e. The zero-order chi connectivity index (χ0) is 54.3. The Morgan fingerprint density at radius 3 is 0.880 bits per heavy atom. The summed E-state index contributed by atoms with van der Waals surface area (Å²) in [5.74, 6) is -0.897. The molecule has 6 heteroatoms. The molecule has 0 spiro atoms. The fourth-order valence-corrected chi connectivity index (χ4v) is 8.80. The Kier molecular flexibility index (Phi) is 59.8. The third-order valence-electron chi connectivity index (χ3n) is 13.5. The molecule has 1 unspecified atom stereocenters. The van der Waals surface area contributed by atoms with Crippen LogP contribution in [0.2, 0.25) is 0 Å². The molecule has 0 bridgehead atoms. The van der Waals surface area contributed by atoms with Gasteiger partial charge in [0.2, 0.25) is 0 Å². The van der Waals surface area contributed by atoms with Crippen LogP contribution < -0.4 is 0 Å². The highest BCUT2D eigenvalue weighted by molar-refractivity contribution is 5.71. The summed E-state index contributed by atoms with van der Waals surface area (Å²) >= 11 is 0. The molecule has 0 fully saturated rings. The topological polar surface area (TPSA) is 78.9 Å². The van der Waals surface area contributed by atoms with E-state index in [0.717, 1.165) is 122 Å². The van der Waals surface area contributed by atoms with Crippen LogP contribution in [0.15, 0.2) is 97.2 Å². The van der Waals surface area contributed by atoms with E-state index in [2.05, 4.69) is 118 Å². The lowest BCUT2D eigenvalue weighted by atomic mass is 10.0. The van der Waals surface area contributed by atoms with Gasteiger partial charge in [-0.05, 0) is 116 Å². The Labute approximate surface area is 464 Å². The van der Waals surface area contributed by atoms with Crippen molar-refractivity contribution in [3.63, 3.8) is 0 Å². The second-order valence-corrected chi connectivity index (χ2v) is 20.9. The number of ether oxygens (including phenoxy) is 3. The van der Waals surface area contributed by atoms with Gasteiger partial charge in [-0.2, -0.15) is 0 Å². The molecule has 0 aliphatic carbocycles. The minimum atomic E-state index is -0.785. The zero-order valence-corrected chi connectivity index (χ0v) is 49.3. The quantitative estimate of drug-likeness (QED) is 0.0261. The monoisotopic (exact) mass is 1040 g/mol. The van der Waals surface area contributed by atoms with Crippen LogP contribution in [0.5, 0.6) is 0 Å². The van der Waals surface area contributed by atoms with E-state index in [-0.39, 0.29) is 31.1 Å². The number of hydrogen-bond donors (Lipinski definition) is 0. The van der Waals surface area contributed by atoms with E-state index < -0.39 is 6.10 Å². The van der Waals surface area contributed by atoms with Crippen LogP contribution in [0, 0.1) is 0 Å². The van der Waals surface area contributed by atoms with Gasteiger partial charge in [-0.25, -0.2) is 0 Å². The first-order valence-corrected chi connectivity index (χ1v) is 31.7. The molecule has 0 rings (SSSR count). The lowest BCUT2D eigenvalue weighted by Gasteiger charge is -2.18. The second-order valence-electron chi connectivity index (χ2n) is 20.9. The molecular formula is C69H118O6. The van der Waals surface area contributed by atoms with Crippen molar-refractivity contribution >= 4 is 17.9 Å². The highest BCUT2D eigenvalue weighted by Crippen LogP contribution is 2.16. The predicted octanol–water partition coefficient (Wildman–Crippen LogP) is 21.7. The molecular weight excluding hydrogens is 925 g/mol. The molecule has 0 aromatic heterocycles. The third kappa shape index (κ3) is 61.1. The lowest BCUT2D eigenvalue weighted by Crippen LogP contribution is -2.30. The highest BCUT2D eigenvalue weighted by Gasteiger charge is 2.19. The molecule has 1 atom stereocenters. The Bertz CT molecular complexity index is 1480. The number of hydrogen-bond acceptors (Lipinski definition) is 6. The number of allylic oxidation sites excluding steroid dienone is 16. The maximum atomic E-state index is 12.9. The largest absolute Gasteiger partial charge is 0.462 e. The van der Waals surface area contributed by atoms with E-state index in [0.29, 0.717) is 19.3 Å². The van der Waals surface area contributed by atoms with Gasteiger partial charge in [-0.15, -0.1) is 0 Å². The van der Waals surface area contributed by atoms with Gasteiger partial charge in [0.15, 0.2) is 6.10 Å². The normalized spacial score (nSPS) is 12.7. The van der Waals surface area contributed by atoms with E-state index in [1.807, 2.05) is 0 Å². The van der Waals surface area contributed by atoms with Crippen LogP contribution in [0.3, 0.4) is 0 Å². The van der Waals surface area contributed by atoms with Crippen LogP contribution in [0.1, 0.15) is 303 Å². The molecule has 430 valence electrons. The zero-order valence-electron chi connectivity index (χ0n) is 49.3. The fraction of sp³-hybridized carbons (Fsp3) is 0.725. The number of carbonyl (C=O) groups is 3. The third-order valence-corrected chi connectivity index (χ3v) is 13.5. The summed E-state index contributed by atoms with van der Waals surface area (Å²) in [6.07, 6.45) is 84.2. The Hall–Kier alpha value is -3.67.